The quantitative estimate of drug-likeness (QED) is 0.326. The number of hydrogen-bond acceptors (Lipinski definition) is 3. The summed E-state index contributed by atoms with van der Waals surface area (Å²) in [7, 11) is -1.43. The highest BCUT2D eigenvalue weighted by Crippen LogP contribution is 2.51. The summed E-state index contributed by atoms with van der Waals surface area (Å²) in [6.07, 6.45) is 5.13. The van der Waals surface area contributed by atoms with Crippen LogP contribution in [-0.2, 0) is 26.8 Å². The van der Waals surface area contributed by atoms with Gasteiger partial charge in [0.1, 0.15) is 10.3 Å². The zero-order valence-corrected chi connectivity index (χ0v) is 21.2. The summed E-state index contributed by atoms with van der Waals surface area (Å²) in [6, 6.07) is 17.7. The van der Waals surface area contributed by atoms with E-state index in [1.807, 2.05) is 82.3 Å². The Labute approximate surface area is 200 Å². The molecule has 0 heterocycles. The van der Waals surface area contributed by atoms with Gasteiger partial charge in [-0.3, -0.25) is 9.00 Å². The smallest absolute Gasteiger partial charge is 0.310 e. The van der Waals surface area contributed by atoms with Crippen molar-refractivity contribution in [3.05, 3.63) is 65.7 Å². The minimum absolute atomic E-state index is 0.241. The first-order valence-electron chi connectivity index (χ1n) is 11.5. The van der Waals surface area contributed by atoms with E-state index in [0.29, 0.717) is 11.3 Å². The average molecular weight is 475 g/mol. The fourth-order valence-corrected chi connectivity index (χ4v) is 6.84. The maximum Gasteiger partial charge on any atom is 0.310 e. The molecule has 1 saturated carbocycles. The van der Waals surface area contributed by atoms with E-state index >= 15 is 0 Å². The first kappa shape index (κ1) is 25.0. The van der Waals surface area contributed by atoms with E-state index in [2.05, 4.69) is 0 Å². The van der Waals surface area contributed by atoms with E-state index in [0.717, 1.165) is 43.2 Å². The van der Waals surface area contributed by atoms with Gasteiger partial charge in [0.2, 0.25) is 0 Å². The molecule has 0 bridgehead atoms. The fourth-order valence-electron chi connectivity index (χ4n) is 4.69. The molecule has 2 aromatic rings. The lowest BCUT2D eigenvalue weighted by Crippen LogP contribution is -2.48. The van der Waals surface area contributed by atoms with Crippen LogP contribution in [0.4, 0.5) is 0 Å². The first-order valence-corrected chi connectivity index (χ1v) is 13.2. The summed E-state index contributed by atoms with van der Waals surface area (Å²) in [5.41, 5.74) is 0.992. The second-order valence-corrected chi connectivity index (χ2v) is 12.2. The number of hydrogen-bond donors (Lipinski definition) is 0. The number of carbonyl (C=O) groups is 1. The van der Waals surface area contributed by atoms with E-state index in [-0.39, 0.29) is 5.97 Å². The number of halogens is 1. The lowest BCUT2D eigenvalue weighted by molar-refractivity contribution is -0.166. The molecule has 3 nitrogen and oxygen atoms in total. The number of benzene rings is 2. The van der Waals surface area contributed by atoms with Crippen LogP contribution in [0.25, 0.3) is 0 Å². The molecule has 0 spiro atoms. The number of ether oxygens (including phenoxy) is 1. The molecule has 1 unspecified atom stereocenters. The van der Waals surface area contributed by atoms with E-state index in [9.17, 15) is 9.00 Å². The maximum absolute atomic E-state index is 13.7. The van der Waals surface area contributed by atoms with Crippen LogP contribution in [-0.4, -0.2) is 20.5 Å². The van der Waals surface area contributed by atoms with Crippen molar-refractivity contribution in [3.8, 4) is 0 Å². The third-order valence-electron chi connectivity index (χ3n) is 6.35. The van der Waals surface area contributed by atoms with Crippen molar-refractivity contribution in [1.29, 1.82) is 0 Å². The molecule has 0 amide bonds. The number of aryl methyl sites for hydroxylation is 1. The molecule has 1 aliphatic carbocycles. The highest BCUT2D eigenvalue weighted by atomic mass is 35.5. The zero-order chi connectivity index (χ0) is 23.4. The van der Waals surface area contributed by atoms with Gasteiger partial charge in [0.05, 0.1) is 16.7 Å². The summed E-state index contributed by atoms with van der Waals surface area (Å²) in [5, 5.41) is 0. The summed E-state index contributed by atoms with van der Waals surface area (Å²) in [5.74, 6) is -0.698. The Bertz CT molecular complexity index is 912. The van der Waals surface area contributed by atoms with Crippen molar-refractivity contribution in [2.45, 2.75) is 81.4 Å². The summed E-state index contributed by atoms with van der Waals surface area (Å²) < 4.78 is 18.9. The molecule has 3 rings (SSSR count). The van der Waals surface area contributed by atoms with Gasteiger partial charge in [0.15, 0.2) is 0 Å². The Kier molecular flexibility index (Phi) is 8.21. The fraction of sp³-hybridized carbons (Fsp3) is 0.519. The Balaban J connectivity index is 2.02. The predicted molar refractivity (Wildman–Crippen MR) is 132 cm³/mol. The lowest BCUT2D eigenvalue weighted by atomic mass is 9.65. The minimum Gasteiger partial charge on any atom is -0.460 e. The van der Waals surface area contributed by atoms with Crippen LogP contribution in [0, 0.1) is 18.3 Å². The van der Waals surface area contributed by atoms with Crippen molar-refractivity contribution < 1.29 is 13.7 Å². The van der Waals surface area contributed by atoms with Gasteiger partial charge in [-0.1, -0.05) is 67.3 Å². The second kappa shape index (κ2) is 10.5. The zero-order valence-electron chi connectivity index (χ0n) is 19.6. The number of rotatable bonds is 7. The molecule has 2 aromatic carbocycles. The molecule has 1 aliphatic rings. The number of carbonyl (C=O) groups excluding carboxylic acids is 1. The average Bonchev–Trinajstić information content (AvgIpc) is 2.77. The van der Waals surface area contributed by atoms with Crippen LogP contribution in [0.1, 0.15) is 64.0 Å². The molecule has 0 aliphatic heterocycles. The standard InChI is InChI=1S/C27H35ClO3S/c1-20-13-15-22(16-14-20)32(30)25(28)27(17-9-6-10-18-27)23(24(29)31-26(2,3)4)19-21-11-7-5-8-12-21/h5,7-8,11-16,23,25H,6,9-10,17-19H2,1-4H3/t23-,25+,32?/m0/s1. The Morgan fingerprint density at radius 1 is 1.03 bits per heavy atom. The van der Waals surface area contributed by atoms with E-state index < -0.39 is 32.4 Å². The monoisotopic (exact) mass is 474 g/mol. The first-order chi connectivity index (χ1) is 15.1. The highest BCUT2D eigenvalue weighted by molar-refractivity contribution is 7.87. The molecule has 0 N–H and O–H groups in total. The van der Waals surface area contributed by atoms with Gasteiger partial charge in [-0.15, -0.1) is 11.6 Å². The van der Waals surface area contributed by atoms with E-state index in [1.165, 1.54) is 0 Å². The molecule has 0 saturated heterocycles. The molecule has 0 radical (unpaired) electrons. The number of esters is 1. The molecule has 3 atom stereocenters. The van der Waals surface area contributed by atoms with Crippen LogP contribution < -0.4 is 0 Å². The predicted octanol–water partition coefficient (Wildman–Crippen LogP) is 6.82. The lowest BCUT2D eigenvalue weighted by Gasteiger charge is -2.45. The van der Waals surface area contributed by atoms with Gasteiger partial charge in [-0.05, 0) is 64.7 Å². The van der Waals surface area contributed by atoms with Gasteiger partial charge in [0.25, 0.3) is 0 Å². The van der Waals surface area contributed by atoms with Crippen molar-refractivity contribution in [2.75, 3.05) is 0 Å². The van der Waals surface area contributed by atoms with Gasteiger partial charge in [0, 0.05) is 10.3 Å². The molecule has 32 heavy (non-hydrogen) atoms. The van der Waals surface area contributed by atoms with Crippen LogP contribution in [0.2, 0.25) is 0 Å². The van der Waals surface area contributed by atoms with Crippen LogP contribution in [0.3, 0.4) is 0 Å². The van der Waals surface area contributed by atoms with Gasteiger partial charge in [-0.25, -0.2) is 0 Å². The normalized spacial score (nSPS) is 19.0. The Hall–Kier alpha value is -1.65. The van der Waals surface area contributed by atoms with Gasteiger partial charge >= 0.3 is 5.97 Å². The highest BCUT2D eigenvalue weighted by Gasteiger charge is 2.52. The van der Waals surface area contributed by atoms with E-state index in [4.69, 9.17) is 16.3 Å². The SMILES string of the molecule is Cc1ccc(S(=O)[C@@H](Cl)C2([C@@H](Cc3ccccc3)C(=O)OC(C)(C)C)CCCCC2)cc1. The Morgan fingerprint density at radius 3 is 2.19 bits per heavy atom. The van der Waals surface area contributed by atoms with E-state index in [1.54, 1.807) is 0 Å². The molecular formula is C27H35ClO3S. The molecule has 1 fully saturated rings. The van der Waals surface area contributed by atoms with Crippen LogP contribution in [0.5, 0.6) is 0 Å². The third-order valence-corrected chi connectivity index (χ3v) is 8.85. The summed E-state index contributed by atoms with van der Waals surface area (Å²) in [6.45, 7) is 7.67. The number of alkyl halides is 1. The molecular weight excluding hydrogens is 440 g/mol. The van der Waals surface area contributed by atoms with Crippen LogP contribution >= 0.6 is 11.6 Å². The van der Waals surface area contributed by atoms with Gasteiger partial charge in [-0.2, -0.15) is 0 Å². The topological polar surface area (TPSA) is 43.4 Å². The van der Waals surface area contributed by atoms with Crippen molar-refractivity contribution in [2.24, 2.45) is 11.3 Å². The van der Waals surface area contributed by atoms with Crippen LogP contribution in [0.15, 0.2) is 59.5 Å². The summed E-state index contributed by atoms with van der Waals surface area (Å²) >= 11 is 7.11. The van der Waals surface area contributed by atoms with Gasteiger partial charge < -0.3 is 4.74 Å². The second-order valence-electron chi connectivity index (χ2n) is 10.00. The Morgan fingerprint density at radius 2 is 1.62 bits per heavy atom. The third kappa shape index (κ3) is 6.02. The van der Waals surface area contributed by atoms with Crippen molar-refractivity contribution in [1.82, 2.24) is 0 Å². The maximum atomic E-state index is 13.7. The minimum atomic E-state index is -1.43. The van der Waals surface area contributed by atoms with Crippen molar-refractivity contribution >= 4 is 28.4 Å². The molecule has 0 aromatic heterocycles. The largest absolute Gasteiger partial charge is 0.460 e. The molecule has 5 heteroatoms. The van der Waals surface area contributed by atoms with Crippen molar-refractivity contribution in [3.63, 3.8) is 0 Å². The molecule has 174 valence electrons. The summed E-state index contributed by atoms with van der Waals surface area (Å²) in [4.78, 5) is 14.3.